The number of nitrogens with zero attached hydrogens (tertiary/aromatic N) is 1. The van der Waals surface area contributed by atoms with Crippen LogP contribution in [0.5, 0.6) is 0 Å². The Hall–Kier alpha value is -1.82. The molecule has 3 nitrogen and oxygen atoms in total. The van der Waals surface area contributed by atoms with E-state index in [0.29, 0.717) is 19.4 Å². The smallest absolute Gasteiger partial charge is 0.224 e. The Morgan fingerprint density at radius 3 is 3.13 bits per heavy atom. The minimum Gasteiger partial charge on any atom is -0.355 e. The second-order valence-electron chi connectivity index (χ2n) is 3.06. The summed E-state index contributed by atoms with van der Waals surface area (Å²) < 4.78 is 0. The number of nitrogens with one attached hydrogen (secondary N) is 1. The number of amides is 1. The van der Waals surface area contributed by atoms with Crippen molar-refractivity contribution in [3.8, 4) is 11.8 Å². The minimum absolute atomic E-state index is 0.0147. The average Bonchev–Trinajstić information content (AvgIpc) is 2.26. The van der Waals surface area contributed by atoms with Gasteiger partial charge >= 0.3 is 0 Å². The topological polar surface area (TPSA) is 42.0 Å². The summed E-state index contributed by atoms with van der Waals surface area (Å²) in [5, 5.41) is 2.80. The summed E-state index contributed by atoms with van der Waals surface area (Å²) >= 11 is 0. The molecule has 0 aliphatic carbocycles. The van der Waals surface area contributed by atoms with Crippen molar-refractivity contribution in [1.29, 1.82) is 0 Å². The van der Waals surface area contributed by atoms with Gasteiger partial charge in [0, 0.05) is 25.4 Å². The summed E-state index contributed by atoms with van der Waals surface area (Å²) in [4.78, 5) is 15.3. The molecule has 1 aromatic heterocycles. The number of rotatable bonds is 4. The van der Waals surface area contributed by atoms with Crippen LogP contribution in [0.15, 0.2) is 24.5 Å². The first kappa shape index (κ1) is 11.3. The molecule has 1 aromatic rings. The van der Waals surface area contributed by atoms with E-state index in [1.165, 1.54) is 0 Å². The molecule has 0 spiro atoms. The molecule has 15 heavy (non-hydrogen) atoms. The van der Waals surface area contributed by atoms with Crippen molar-refractivity contribution >= 4 is 5.91 Å². The van der Waals surface area contributed by atoms with Crippen molar-refractivity contribution in [2.24, 2.45) is 0 Å². The highest BCUT2D eigenvalue weighted by Crippen LogP contribution is 1.96. The van der Waals surface area contributed by atoms with E-state index in [9.17, 15) is 4.79 Å². The average molecular weight is 202 g/mol. The molecule has 0 aliphatic heterocycles. The van der Waals surface area contributed by atoms with E-state index in [-0.39, 0.29) is 5.91 Å². The first-order valence-corrected chi connectivity index (χ1v) is 4.88. The minimum atomic E-state index is 0.0147. The third-order valence-electron chi connectivity index (χ3n) is 1.84. The molecule has 1 N–H and O–H groups in total. The normalized spacial score (nSPS) is 8.87. The van der Waals surface area contributed by atoms with Crippen LogP contribution in [0, 0.1) is 11.8 Å². The summed E-state index contributed by atoms with van der Waals surface area (Å²) in [6.07, 6.45) is 4.48. The molecule has 0 aliphatic rings. The first-order chi connectivity index (χ1) is 7.33. The Balaban J connectivity index is 2.27. The molecule has 0 bridgehead atoms. The maximum Gasteiger partial charge on any atom is 0.224 e. The molecule has 0 radical (unpaired) electrons. The quantitative estimate of drug-likeness (QED) is 0.588. The predicted octanol–water partition coefficient (Wildman–Crippen LogP) is 1.15. The van der Waals surface area contributed by atoms with E-state index >= 15 is 0 Å². The van der Waals surface area contributed by atoms with E-state index < -0.39 is 0 Å². The largest absolute Gasteiger partial charge is 0.355 e. The molecule has 0 saturated heterocycles. The number of pyridine rings is 1. The highest BCUT2D eigenvalue weighted by molar-refractivity contribution is 5.78. The standard InChI is InChI=1S/C12H14N2O/c1-2-3-4-8-14-12(15)9-11-6-5-7-13-10-11/h5-7,10H,4,8-9H2,1H3,(H,14,15). The number of aromatic nitrogens is 1. The van der Waals surface area contributed by atoms with Gasteiger partial charge in [0.25, 0.3) is 0 Å². The Morgan fingerprint density at radius 1 is 1.60 bits per heavy atom. The summed E-state index contributed by atoms with van der Waals surface area (Å²) in [6.45, 7) is 2.40. The predicted molar refractivity (Wildman–Crippen MR) is 59.0 cm³/mol. The van der Waals surface area contributed by atoms with E-state index in [1.807, 2.05) is 12.1 Å². The lowest BCUT2D eigenvalue weighted by molar-refractivity contribution is -0.120. The van der Waals surface area contributed by atoms with Gasteiger partial charge < -0.3 is 5.32 Å². The van der Waals surface area contributed by atoms with Crippen molar-refractivity contribution in [1.82, 2.24) is 10.3 Å². The zero-order chi connectivity index (χ0) is 10.9. The molecule has 78 valence electrons. The molecular formula is C12H14N2O. The maximum absolute atomic E-state index is 11.4. The van der Waals surface area contributed by atoms with Crippen LogP contribution in [0.2, 0.25) is 0 Å². The van der Waals surface area contributed by atoms with Gasteiger partial charge in [-0.3, -0.25) is 9.78 Å². The van der Waals surface area contributed by atoms with Gasteiger partial charge in [-0.2, -0.15) is 0 Å². The van der Waals surface area contributed by atoms with E-state index in [2.05, 4.69) is 22.1 Å². The Kier molecular flexibility index (Phi) is 4.96. The SMILES string of the molecule is CC#CCCNC(=O)Cc1cccnc1. The van der Waals surface area contributed by atoms with Crippen LogP contribution < -0.4 is 5.32 Å². The molecule has 0 atom stereocenters. The van der Waals surface area contributed by atoms with Crippen molar-refractivity contribution in [3.05, 3.63) is 30.1 Å². The second-order valence-corrected chi connectivity index (χ2v) is 3.06. The highest BCUT2D eigenvalue weighted by Gasteiger charge is 2.01. The molecule has 1 heterocycles. The first-order valence-electron chi connectivity index (χ1n) is 4.88. The van der Waals surface area contributed by atoms with Crippen LogP contribution in [0.4, 0.5) is 0 Å². The number of carbonyl (C=O) groups is 1. The van der Waals surface area contributed by atoms with Crippen LogP contribution in [0.1, 0.15) is 18.9 Å². The van der Waals surface area contributed by atoms with Crippen molar-refractivity contribution in [2.75, 3.05) is 6.54 Å². The summed E-state index contributed by atoms with van der Waals surface area (Å²) in [5.74, 6) is 5.68. The van der Waals surface area contributed by atoms with Crippen molar-refractivity contribution < 1.29 is 4.79 Å². The zero-order valence-electron chi connectivity index (χ0n) is 8.79. The highest BCUT2D eigenvalue weighted by atomic mass is 16.1. The molecule has 0 unspecified atom stereocenters. The van der Waals surface area contributed by atoms with E-state index in [0.717, 1.165) is 5.56 Å². The van der Waals surface area contributed by atoms with Gasteiger partial charge in [-0.1, -0.05) is 6.07 Å². The van der Waals surface area contributed by atoms with Crippen LogP contribution in [0.25, 0.3) is 0 Å². The van der Waals surface area contributed by atoms with Gasteiger partial charge in [-0.25, -0.2) is 0 Å². The fourth-order valence-electron chi connectivity index (χ4n) is 1.14. The monoisotopic (exact) mass is 202 g/mol. The lowest BCUT2D eigenvalue weighted by Crippen LogP contribution is -2.25. The van der Waals surface area contributed by atoms with Gasteiger partial charge in [0.1, 0.15) is 0 Å². The third kappa shape index (κ3) is 4.82. The Morgan fingerprint density at radius 2 is 2.47 bits per heavy atom. The third-order valence-corrected chi connectivity index (χ3v) is 1.84. The number of hydrogen-bond acceptors (Lipinski definition) is 2. The Bertz CT molecular complexity index is 362. The van der Waals surface area contributed by atoms with Crippen LogP contribution in [-0.2, 0) is 11.2 Å². The van der Waals surface area contributed by atoms with Crippen LogP contribution in [-0.4, -0.2) is 17.4 Å². The van der Waals surface area contributed by atoms with Gasteiger partial charge in [-0.05, 0) is 18.6 Å². The number of hydrogen-bond donors (Lipinski definition) is 1. The lowest BCUT2D eigenvalue weighted by Gasteiger charge is -2.02. The van der Waals surface area contributed by atoms with Crippen LogP contribution in [0.3, 0.4) is 0 Å². The van der Waals surface area contributed by atoms with Gasteiger partial charge in [0.05, 0.1) is 6.42 Å². The molecule has 3 heteroatoms. The summed E-state index contributed by atoms with van der Waals surface area (Å²) in [7, 11) is 0. The van der Waals surface area contributed by atoms with Gasteiger partial charge in [0.15, 0.2) is 0 Å². The Labute approximate surface area is 89.9 Å². The second kappa shape index (κ2) is 6.61. The molecule has 0 aromatic carbocycles. The van der Waals surface area contributed by atoms with Gasteiger partial charge in [-0.15, -0.1) is 11.8 Å². The molecule has 1 rings (SSSR count). The number of carbonyl (C=O) groups excluding carboxylic acids is 1. The van der Waals surface area contributed by atoms with E-state index in [4.69, 9.17) is 0 Å². The van der Waals surface area contributed by atoms with Crippen LogP contribution >= 0.6 is 0 Å². The molecule has 1 amide bonds. The van der Waals surface area contributed by atoms with E-state index in [1.54, 1.807) is 19.3 Å². The van der Waals surface area contributed by atoms with Crippen molar-refractivity contribution in [3.63, 3.8) is 0 Å². The molecule has 0 saturated carbocycles. The fraction of sp³-hybridized carbons (Fsp3) is 0.333. The molecular weight excluding hydrogens is 188 g/mol. The lowest BCUT2D eigenvalue weighted by atomic mass is 10.2. The van der Waals surface area contributed by atoms with Crippen molar-refractivity contribution in [2.45, 2.75) is 19.8 Å². The fourth-order valence-corrected chi connectivity index (χ4v) is 1.14. The molecule has 0 fully saturated rings. The maximum atomic E-state index is 11.4. The zero-order valence-corrected chi connectivity index (χ0v) is 8.79. The summed E-state index contributed by atoms with van der Waals surface area (Å²) in [6, 6.07) is 3.71. The van der Waals surface area contributed by atoms with Gasteiger partial charge in [0.2, 0.25) is 5.91 Å². The summed E-state index contributed by atoms with van der Waals surface area (Å²) in [5.41, 5.74) is 0.927.